The Balaban J connectivity index is 2.06. The zero-order valence-corrected chi connectivity index (χ0v) is 12.4. The summed E-state index contributed by atoms with van der Waals surface area (Å²) in [5, 5.41) is 0. The molecule has 0 heterocycles. The standard InChI is InChI=1S/2C6H3F3O.Zr/c2*7-3-1-2-4(10)6(9)5(3)8;/h2*1-2,10H;/q;;+2/p-2. The van der Waals surface area contributed by atoms with E-state index in [9.17, 15) is 26.3 Å². The molecule has 0 spiro atoms. The van der Waals surface area contributed by atoms with Crippen LogP contribution in [0.1, 0.15) is 0 Å². The van der Waals surface area contributed by atoms with Gasteiger partial charge in [-0.2, -0.15) is 0 Å². The third kappa shape index (κ3) is 3.40. The van der Waals surface area contributed by atoms with Crippen LogP contribution < -0.4 is 5.63 Å². The minimum atomic E-state index is -2.44. The van der Waals surface area contributed by atoms with Gasteiger partial charge in [-0.1, -0.05) is 0 Å². The van der Waals surface area contributed by atoms with Crippen molar-refractivity contribution in [1.82, 2.24) is 0 Å². The van der Waals surface area contributed by atoms with Gasteiger partial charge in [0.15, 0.2) is 0 Å². The van der Waals surface area contributed by atoms with Crippen molar-refractivity contribution >= 4 is 0 Å². The van der Waals surface area contributed by atoms with Crippen LogP contribution in [-0.2, 0) is 24.1 Å². The SMILES string of the molecule is Fc1ccc([O][Zr][O]c2ccc(F)c(F)c2F)c(F)c1F. The molecule has 0 bridgehead atoms. The minimum absolute atomic E-state index is 0.608. The van der Waals surface area contributed by atoms with Crippen molar-refractivity contribution in [2.45, 2.75) is 0 Å². The van der Waals surface area contributed by atoms with Crippen molar-refractivity contribution in [3.8, 4) is 11.5 Å². The van der Waals surface area contributed by atoms with E-state index in [4.69, 9.17) is 5.63 Å². The second-order valence-corrected chi connectivity index (χ2v) is 5.05. The molecule has 0 radical (unpaired) electrons. The van der Waals surface area contributed by atoms with Crippen molar-refractivity contribution < 1.29 is 56.1 Å². The molecule has 2 aromatic rings. The third-order valence-electron chi connectivity index (χ3n) is 2.30. The molecular weight excluding hydrogens is 381 g/mol. The summed E-state index contributed by atoms with van der Waals surface area (Å²) in [5.74, 6) is -10.5. The predicted molar refractivity (Wildman–Crippen MR) is 53.9 cm³/mol. The van der Waals surface area contributed by atoms with E-state index in [-0.39, 0.29) is 0 Å². The molecule has 0 unspecified atom stereocenters. The number of hydrogen-bond donors (Lipinski definition) is 0. The van der Waals surface area contributed by atoms with Gasteiger partial charge in [0, 0.05) is 0 Å². The molecule has 0 N–H and O–H groups in total. The third-order valence-corrected chi connectivity index (χ3v) is 3.79. The predicted octanol–water partition coefficient (Wildman–Crippen LogP) is 3.89. The first-order valence-corrected chi connectivity index (χ1v) is 7.28. The molecule has 0 aliphatic carbocycles. The Morgan fingerprint density at radius 2 is 0.952 bits per heavy atom. The Morgan fingerprint density at radius 1 is 0.571 bits per heavy atom. The van der Waals surface area contributed by atoms with E-state index < -0.39 is 70.5 Å². The fourth-order valence-corrected chi connectivity index (χ4v) is 2.60. The normalized spacial score (nSPS) is 10.4. The first-order chi connectivity index (χ1) is 9.91. The van der Waals surface area contributed by atoms with Gasteiger partial charge in [0.25, 0.3) is 0 Å². The summed E-state index contributed by atoms with van der Waals surface area (Å²) < 4.78 is 87.2. The molecule has 0 atom stereocenters. The van der Waals surface area contributed by atoms with Crippen LogP contribution in [0.25, 0.3) is 0 Å². The van der Waals surface area contributed by atoms with Crippen LogP contribution >= 0.6 is 0 Å². The van der Waals surface area contributed by atoms with E-state index in [2.05, 4.69) is 0 Å². The second kappa shape index (κ2) is 6.51. The number of halogens is 6. The van der Waals surface area contributed by atoms with Crippen molar-refractivity contribution in [3.05, 3.63) is 59.2 Å². The molecule has 110 valence electrons. The van der Waals surface area contributed by atoms with Crippen LogP contribution in [0.3, 0.4) is 0 Å². The molecule has 0 aliphatic rings. The van der Waals surface area contributed by atoms with E-state index in [1.54, 1.807) is 0 Å². The first kappa shape index (κ1) is 15.9. The van der Waals surface area contributed by atoms with Gasteiger partial charge in [-0.25, -0.2) is 0 Å². The fraction of sp³-hybridized carbons (Fsp3) is 0. The molecular formula is C12H4F6O2Zr. The Bertz CT molecular complexity index is 622. The topological polar surface area (TPSA) is 18.5 Å². The average molecular weight is 385 g/mol. The summed E-state index contributed by atoms with van der Waals surface area (Å²) in [7, 11) is 0. The number of rotatable bonds is 4. The summed E-state index contributed by atoms with van der Waals surface area (Å²) in [6, 6.07) is 2.95. The fourth-order valence-electron chi connectivity index (χ4n) is 1.28. The number of hydrogen-bond acceptors (Lipinski definition) is 2. The molecule has 2 nitrogen and oxygen atoms in total. The van der Waals surface area contributed by atoms with Crippen LogP contribution in [0.5, 0.6) is 11.5 Å². The molecule has 0 saturated carbocycles. The molecule has 21 heavy (non-hydrogen) atoms. The van der Waals surface area contributed by atoms with E-state index in [1.807, 2.05) is 0 Å². The van der Waals surface area contributed by atoms with Gasteiger partial charge >= 0.3 is 127 Å². The van der Waals surface area contributed by atoms with Crippen molar-refractivity contribution in [3.63, 3.8) is 0 Å². The summed E-state index contributed by atoms with van der Waals surface area (Å²) in [6.45, 7) is 0. The summed E-state index contributed by atoms with van der Waals surface area (Å²) in [6.07, 6.45) is 0. The molecule has 0 fully saturated rings. The molecule has 2 rings (SSSR count). The van der Waals surface area contributed by atoms with Gasteiger partial charge in [-0.05, 0) is 0 Å². The van der Waals surface area contributed by atoms with Gasteiger partial charge in [0.05, 0.1) is 0 Å². The molecule has 9 heteroatoms. The maximum absolute atomic E-state index is 13.2. The summed E-state index contributed by atoms with van der Waals surface area (Å²) in [4.78, 5) is 0. The van der Waals surface area contributed by atoms with E-state index >= 15 is 0 Å². The Labute approximate surface area is 127 Å². The van der Waals surface area contributed by atoms with Crippen LogP contribution in [-0.4, -0.2) is 0 Å². The van der Waals surface area contributed by atoms with Crippen molar-refractivity contribution in [2.75, 3.05) is 0 Å². The zero-order chi connectivity index (χ0) is 15.6. The molecule has 0 amide bonds. The number of benzene rings is 2. The van der Waals surface area contributed by atoms with E-state index in [1.165, 1.54) is 0 Å². The summed E-state index contributed by atoms with van der Waals surface area (Å²) in [5.41, 5.74) is 0. The molecule has 0 saturated heterocycles. The maximum atomic E-state index is 13.2. The van der Waals surface area contributed by atoms with Gasteiger partial charge < -0.3 is 0 Å². The van der Waals surface area contributed by atoms with Gasteiger partial charge in [-0.15, -0.1) is 0 Å². The Morgan fingerprint density at radius 3 is 1.33 bits per heavy atom. The van der Waals surface area contributed by atoms with Crippen LogP contribution in [0.15, 0.2) is 24.3 Å². The van der Waals surface area contributed by atoms with Gasteiger partial charge in [-0.3, -0.25) is 0 Å². The zero-order valence-electron chi connectivity index (χ0n) is 9.89. The van der Waals surface area contributed by atoms with Crippen LogP contribution in [0, 0.1) is 34.9 Å². The Hall–Kier alpha value is -1.50. The quantitative estimate of drug-likeness (QED) is 0.587. The average Bonchev–Trinajstić information content (AvgIpc) is 2.47. The van der Waals surface area contributed by atoms with Crippen molar-refractivity contribution in [2.24, 2.45) is 0 Å². The van der Waals surface area contributed by atoms with E-state index in [0.29, 0.717) is 12.1 Å². The van der Waals surface area contributed by atoms with Crippen LogP contribution in [0.2, 0.25) is 0 Å². The van der Waals surface area contributed by atoms with Gasteiger partial charge in [0.1, 0.15) is 0 Å². The van der Waals surface area contributed by atoms with Crippen LogP contribution in [0.4, 0.5) is 26.3 Å². The second-order valence-electron chi connectivity index (χ2n) is 3.63. The summed E-state index contributed by atoms with van der Waals surface area (Å²) >= 11 is -2.44. The molecule has 2 aromatic carbocycles. The van der Waals surface area contributed by atoms with Gasteiger partial charge in [0.2, 0.25) is 0 Å². The van der Waals surface area contributed by atoms with E-state index in [0.717, 1.165) is 12.1 Å². The first-order valence-electron chi connectivity index (χ1n) is 5.27. The molecule has 0 aliphatic heterocycles. The molecule has 0 aromatic heterocycles. The van der Waals surface area contributed by atoms with Crippen molar-refractivity contribution in [1.29, 1.82) is 0 Å². The monoisotopic (exact) mass is 384 g/mol. The Kier molecular flexibility index (Phi) is 4.93.